The van der Waals surface area contributed by atoms with Gasteiger partial charge < -0.3 is 0 Å². The average molecular weight is 720 g/mol. The molecule has 0 saturated heterocycles. The van der Waals surface area contributed by atoms with E-state index in [9.17, 15) is 0 Å². The minimum atomic E-state index is -2.02. The van der Waals surface area contributed by atoms with Crippen LogP contribution in [0.25, 0.3) is 0 Å². The monoisotopic (exact) mass is 722 g/mol. The van der Waals surface area contributed by atoms with Crippen LogP contribution in [-0.4, -0.2) is 75.9 Å². The van der Waals surface area contributed by atoms with Crippen molar-refractivity contribution < 1.29 is 0 Å². The van der Waals surface area contributed by atoms with Gasteiger partial charge in [-0.25, -0.2) is 0 Å². The number of hydrogen-bond acceptors (Lipinski definition) is 2. The van der Waals surface area contributed by atoms with Gasteiger partial charge in [0.1, 0.15) is 0 Å². The first-order valence-electron chi connectivity index (χ1n) is 13.3. The van der Waals surface area contributed by atoms with Crippen molar-refractivity contribution in [3.8, 4) is 0 Å². The van der Waals surface area contributed by atoms with E-state index in [-0.39, 0.29) is 0 Å². The van der Waals surface area contributed by atoms with Crippen LogP contribution in [-0.2, 0) is 0 Å². The van der Waals surface area contributed by atoms with Crippen molar-refractivity contribution in [1.29, 1.82) is 0 Å². The van der Waals surface area contributed by atoms with Crippen LogP contribution in [0.2, 0.25) is 41.7 Å². The van der Waals surface area contributed by atoms with E-state index in [1.54, 1.807) is 0 Å². The summed E-state index contributed by atoms with van der Waals surface area (Å²) in [4.78, 5) is 15.8. The first kappa shape index (κ1) is 30.2. The molecule has 0 aromatic carbocycles. The number of thioether (sulfide) groups is 2. The van der Waals surface area contributed by atoms with Crippen molar-refractivity contribution in [3.05, 3.63) is 18.0 Å². The maximum absolute atomic E-state index is 2.77. The van der Waals surface area contributed by atoms with Crippen molar-refractivity contribution in [3.63, 3.8) is 0 Å². The summed E-state index contributed by atoms with van der Waals surface area (Å²) in [5.41, 5.74) is 0. The van der Waals surface area contributed by atoms with E-state index < -0.39 is 36.8 Å². The Balaban J connectivity index is 2.23. The van der Waals surface area contributed by atoms with Crippen LogP contribution in [0.3, 0.4) is 0 Å². The van der Waals surface area contributed by atoms with E-state index in [1.165, 1.54) is 63.5 Å². The van der Waals surface area contributed by atoms with Crippen LogP contribution in [0.1, 0.15) is 65.2 Å². The van der Waals surface area contributed by atoms with Crippen molar-refractivity contribution in [2.24, 2.45) is 0 Å². The molecule has 0 radical (unpaired) electrons. The Kier molecular flexibility index (Phi) is 13.8. The number of rotatable bonds is 13. The third-order valence-corrected chi connectivity index (χ3v) is 32.3. The van der Waals surface area contributed by atoms with Gasteiger partial charge in [0.25, 0.3) is 0 Å². The van der Waals surface area contributed by atoms with E-state index in [0.717, 1.165) is 10.5 Å². The van der Waals surface area contributed by atoms with Gasteiger partial charge in [-0.15, -0.1) is 0 Å². The third kappa shape index (κ3) is 9.78. The van der Waals surface area contributed by atoms with E-state index in [0.29, 0.717) is 18.3 Å². The van der Waals surface area contributed by atoms with Gasteiger partial charge in [-0.05, 0) is 0 Å². The molecule has 182 valence electrons. The van der Waals surface area contributed by atoms with Gasteiger partial charge in [0, 0.05) is 0 Å². The van der Waals surface area contributed by atoms with Crippen molar-refractivity contribution >= 4 is 88.9 Å². The molecular weight excluding hydrogens is 670 g/mol. The summed E-state index contributed by atoms with van der Waals surface area (Å²) in [6, 6.07) is 2.98. The molecule has 0 amide bonds. The second-order valence-electron chi connectivity index (χ2n) is 11.7. The molecule has 0 fully saturated rings. The summed E-state index contributed by atoms with van der Waals surface area (Å²) < 4.78 is 3.73. The fourth-order valence-corrected chi connectivity index (χ4v) is 24.4. The Bertz CT molecular complexity index is 665. The summed E-state index contributed by atoms with van der Waals surface area (Å²) in [7, 11) is 0.984. The molecule has 0 aliphatic carbocycles. The molecule has 6 heteroatoms. The molecule has 0 N–H and O–H groups in total. The molecule has 2 aliphatic rings. The molecule has 2 heterocycles. The fourth-order valence-electron chi connectivity index (χ4n) is 4.23. The zero-order chi connectivity index (χ0) is 23.8. The molecule has 0 spiro atoms. The van der Waals surface area contributed by atoms with Gasteiger partial charge in [-0.3, -0.25) is 0 Å². The summed E-state index contributed by atoms with van der Waals surface area (Å²) >= 11 is 0.677. The average Bonchev–Trinajstić information content (AvgIpc) is 3.31. The minimum absolute atomic E-state index is 0.492. The second-order valence-corrected chi connectivity index (χ2v) is 48.2. The van der Waals surface area contributed by atoms with Gasteiger partial charge >= 0.3 is 224 Å². The number of hydrogen-bond donors (Lipinski definition) is 0. The van der Waals surface area contributed by atoms with Crippen molar-refractivity contribution in [2.75, 3.05) is 0 Å². The first-order chi connectivity index (χ1) is 15.1. The Morgan fingerprint density at radius 3 is 1.31 bits per heavy atom. The fraction of sp³-hybridized carbons (Fsp3) is 0.769. The van der Waals surface area contributed by atoms with Crippen molar-refractivity contribution in [2.45, 2.75) is 117 Å². The maximum atomic E-state index is 2.77. The number of unbranched alkanes of at least 4 members (excludes halogenated alkanes) is 6. The second kappa shape index (κ2) is 14.6. The van der Waals surface area contributed by atoms with Crippen LogP contribution in [0.15, 0.2) is 18.0 Å². The Morgan fingerprint density at radius 2 is 1.00 bits per heavy atom. The molecule has 0 bridgehead atoms. The van der Waals surface area contributed by atoms with E-state index in [4.69, 9.17) is 0 Å². The Labute approximate surface area is 222 Å². The molecule has 0 aromatic rings. The van der Waals surface area contributed by atoms with Crippen LogP contribution >= 0.6 is 23.5 Å². The van der Waals surface area contributed by atoms with Gasteiger partial charge in [-0.1, -0.05) is 0 Å². The SMILES string of the molecule is CCCCCC/[SiH]=C1\C=[C]([Sn]([CH3])([CH3])[CH3])SC1C1S[C]([Sn]([CH3])([CH3])[CH3])=C/C1=[SiH]\CCCCCC. The molecule has 2 unspecified atom stereocenters. The number of allylic oxidation sites excluding steroid dienone is 2. The van der Waals surface area contributed by atoms with Gasteiger partial charge in [0.15, 0.2) is 0 Å². The van der Waals surface area contributed by atoms with Crippen LogP contribution in [0.4, 0.5) is 0 Å². The van der Waals surface area contributed by atoms with Crippen LogP contribution < -0.4 is 0 Å². The topological polar surface area (TPSA) is 0 Å². The standard InChI is InChI=1S/C20H32S2Si2.6CH3.2Sn/c1-3-5-7-9-15-23-17-11-13-21-19(17)20-18(12-14-22-20)24-16-10-8-6-4-2;;;;;;;;/h11-12,19-20,23-24H,3-10,15-16H2,1-2H3;6*1H3;;/b23-17+,24-18+;;;;;;;;. The Morgan fingerprint density at radius 1 is 0.625 bits per heavy atom. The van der Waals surface area contributed by atoms with Crippen molar-refractivity contribution in [1.82, 2.24) is 0 Å². The predicted octanol–water partition coefficient (Wildman–Crippen LogP) is 7.95. The van der Waals surface area contributed by atoms with E-state index in [2.05, 4.69) is 79.2 Å². The van der Waals surface area contributed by atoms with E-state index in [1.807, 2.05) is 16.2 Å². The summed E-state index contributed by atoms with van der Waals surface area (Å²) in [5, 5.41) is 5.39. The molecule has 0 saturated carbocycles. The first-order valence-corrected chi connectivity index (χ1v) is 37.8. The molecule has 2 aliphatic heterocycles. The molecule has 0 nitrogen and oxygen atoms in total. The molecule has 2 rings (SSSR count). The summed E-state index contributed by atoms with van der Waals surface area (Å²) in [5.74, 6) is 0. The normalized spacial score (nSPS) is 24.5. The Hall–Kier alpha value is 1.95. The van der Waals surface area contributed by atoms with Crippen LogP contribution in [0.5, 0.6) is 0 Å². The molecule has 32 heavy (non-hydrogen) atoms. The van der Waals surface area contributed by atoms with Gasteiger partial charge in [-0.2, -0.15) is 0 Å². The molecule has 0 aromatic heterocycles. The quantitative estimate of drug-likeness (QED) is 0.140. The zero-order valence-electron chi connectivity index (χ0n) is 22.4. The molecular formula is C26H50S2Si2Sn2. The summed E-state index contributed by atoms with van der Waals surface area (Å²) in [6.45, 7) is 4.67. The van der Waals surface area contributed by atoms with E-state index >= 15 is 0 Å². The van der Waals surface area contributed by atoms with Gasteiger partial charge in [0.2, 0.25) is 0 Å². The van der Waals surface area contributed by atoms with Gasteiger partial charge in [0.05, 0.1) is 0 Å². The molecule has 2 atom stereocenters. The zero-order valence-corrected chi connectivity index (χ0v) is 32.0. The third-order valence-electron chi connectivity index (χ3n) is 6.39. The predicted molar refractivity (Wildman–Crippen MR) is 168 cm³/mol. The summed E-state index contributed by atoms with van der Waals surface area (Å²) in [6.07, 6.45) is 16.9. The van der Waals surface area contributed by atoms with Crippen LogP contribution in [0, 0.1) is 0 Å².